The van der Waals surface area contributed by atoms with Crippen molar-refractivity contribution in [1.29, 1.82) is 0 Å². The number of carbonyl (C=O) groups excluding carboxylic acids is 2. The summed E-state index contributed by atoms with van der Waals surface area (Å²) in [4.78, 5) is 28.7. The predicted molar refractivity (Wildman–Crippen MR) is 80.2 cm³/mol. The monoisotopic (exact) mass is 295 g/mol. The average molecular weight is 295 g/mol. The van der Waals surface area contributed by atoms with Crippen molar-refractivity contribution in [2.45, 2.75) is 6.92 Å². The van der Waals surface area contributed by atoms with Crippen molar-refractivity contribution in [3.63, 3.8) is 0 Å². The Labute approximate surface area is 123 Å². The number of rotatable bonds is 6. The van der Waals surface area contributed by atoms with Gasteiger partial charge in [0.15, 0.2) is 0 Å². The first kappa shape index (κ1) is 16.5. The Morgan fingerprint density at radius 1 is 1.38 bits per heavy atom. The lowest BCUT2D eigenvalue weighted by atomic mass is 10.2. The summed E-state index contributed by atoms with van der Waals surface area (Å²) in [6, 6.07) is 1.32. The highest BCUT2D eigenvalue weighted by molar-refractivity contribution is 5.95. The molecule has 0 unspecified atom stereocenters. The third-order valence-electron chi connectivity index (χ3n) is 2.50. The zero-order valence-electron chi connectivity index (χ0n) is 12.5. The van der Waals surface area contributed by atoms with E-state index in [0.717, 1.165) is 0 Å². The molecule has 8 heteroatoms. The van der Waals surface area contributed by atoms with Crippen LogP contribution in [-0.4, -0.2) is 55.7 Å². The van der Waals surface area contributed by atoms with Gasteiger partial charge in [0, 0.05) is 27.2 Å². The van der Waals surface area contributed by atoms with Crippen molar-refractivity contribution in [3.8, 4) is 0 Å². The molecule has 8 nitrogen and oxygen atoms in total. The molecule has 0 aliphatic carbocycles. The van der Waals surface area contributed by atoms with Crippen molar-refractivity contribution in [2.75, 3.05) is 44.8 Å². The molecule has 0 bridgehead atoms. The normalized spacial score (nSPS) is 9.86. The van der Waals surface area contributed by atoms with Gasteiger partial charge in [-0.3, -0.25) is 0 Å². The van der Waals surface area contributed by atoms with E-state index < -0.39 is 5.97 Å². The van der Waals surface area contributed by atoms with Crippen LogP contribution in [0.15, 0.2) is 12.3 Å². The largest absolute Gasteiger partial charge is 0.462 e. The number of nitrogens with one attached hydrogen (secondary N) is 2. The molecule has 4 N–H and O–H groups in total. The lowest BCUT2D eigenvalue weighted by molar-refractivity contribution is 0.0527. The van der Waals surface area contributed by atoms with E-state index in [1.807, 2.05) is 0 Å². The van der Waals surface area contributed by atoms with Crippen LogP contribution in [0.3, 0.4) is 0 Å². The summed E-state index contributed by atoms with van der Waals surface area (Å²) < 4.78 is 4.95. The number of hydrogen-bond acceptors (Lipinski definition) is 6. The third kappa shape index (κ3) is 5.17. The van der Waals surface area contributed by atoms with Crippen molar-refractivity contribution < 1.29 is 14.3 Å². The van der Waals surface area contributed by atoms with Crippen LogP contribution in [0.25, 0.3) is 0 Å². The number of nitrogens with zero attached hydrogens (tertiary/aromatic N) is 2. The number of nitrogen functional groups attached to an aromatic ring is 1. The van der Waals surface area contributed by atoms with E-state index in [-0.39, 0.29) is 18.2 Å². The number of carbonyl (C=O) groups is 2. The van der Waals surface area contributed by atoms with Crippen LogP contribution in [0.2, 0.25) is 0 Å². The quantitative estimate of drug-likeness (QED) is 0.521. The minimum absolute atomic E-state index is 0.187. The Morgan fingerprint density at radius 3 is 2.71 bits per heavy atom. The summed E-state index contributed by atoms with van der Waals surface area (Å²) in [7, 11) is 3.31. The lowest BCUT2D eigenvalue weighted by Crippen LogP contribution is -2.37. The number of nitrogens with two attached hydrogens (primary N) is 1. The summed E-state index contributed by atoms with van der Waals surface area (Å²) in [6.45, 7) is 2.81. The standard InChI is InChI=1S/C13H21N5O3/c1-4-21-12(19)10-7-9(14)8-17-11(10)15-5-6-16-13(20)18(2)3/h7-8H,4-6,14H2,1-3H3,(H,15,17)(H,16,20). The highest BCUT2D eigenvalue weighted by atomic mass is 16.5. The average Bonchev–Trinajstić information content (AvgIpc) is 2.44. The van der Waals surface area contributed by atoms with Crippen molar-refractivity contribution >= 4 is 23.5 Å². The molecule has 0 saturated carbocycles. The molecule has 1 aromatic rings. The fourth-order valence-corrected chi connectivity index (χ4v) is 1.49. The number of esters is 1. The Balaban J connectivity index is 2.62. The van der Waals surface area contributed by atoms with Crippen LogP contribution < -0.4 is 16.4 Å². The topological polar surface area (TPSA) is 110 Å². The predicted octanol–water partition coefficient (Wildman–Crippen LogP) is 0.524. The molecule has 0 saturated heterocycles. The molecule has 0 radical (unpaired) electrons. The van der Waals surface area contributed by atoms with Gasteiger partial charge in [0.2, 0.25) is 0 Å². The van der Waals surface area contributed by atoms with E-state index >= 15 is 0 Å². The minimum Gasteiger partial charge on any atom is -0.462 e. The summed E-state index contributed by atoms with van der Waals surface area (Å²) in [5, 5.41) is 5.67. The van der Waals surface area contributed by atoms with E-state index in [1.165, 1.54) is 17.2 Å². The molecule has 0 aliphatic rings. The number of urea groups is 1. The maximum Gasteiger partial charge on any atom is 0.341 e. The first-order chi connectivity index (χ1) is 9.95. The molecule has 21 heavy (non-hydrogen) atoms. The smallest absolute Gasteiger partial charge is 0.341 e. The van der Waals surface area contributed by atoms with Gasteiger partial charge in [-0.05, 0) is 13.0 Å². The maximum absolute atomic E-state index is 11.8. The number of amides is 2. The zero-order valence-corrected chi connectivity index (χ0v) is 12.5. The minimum atomic E-state index is -0.489. The van der Waals surface area contributed by atoms with Gasteiger partial charge in [-0.15, -0.1) is 0 Å². The van der Waals surface area contributed by atoms with Gasteiger partial charge >= 0.3 is 12.0 Å². The van der Waals surface area contributed by atoms with Gasteiger partial charge < -0.3 is 26.0 Å². The Morgan fingerprint density at radius 2 is 2.10 bits per heavy atom. The van der Waals surface area contributed by atoms with Crippen LogP contribution in [0.4, 0.5) is 16.3 Å². The molecule has 0 spiro atoms. The number of aromatic nitrogens is 1. The lowest BCUT2D eigenvalue weighted by Gasteiger charge is -2.13. The Hall–Kier alpha value is -2.51. The van der Waals surface area contributed by atoms with Crippen LogP contribution in [-0.2, 0) is 4.74 Å². The molecular weight excluding hydrogens is 274 g/mol. The number of anilines is 2. The number of ether oxygens (including phenoxy) is 1. The molecule has 0 fully saturated rings. The van der Waals surface area contributed by atoms with Crippen molar-refractivity contribution in [1.82, 2.24) is 15.2 Å². The fourth-order valence-electron chi connectivity index (χ4n) is 1.49. The molecule has 116 valence electrons. The van der Waals surface area contributed by atoms with Crippen LogP contribution >= 0.6 is 0 Å². The van der Waals surface area contributed by atoms with E-state index in [0.29, 0.717) is 24.6 Å². The van der Waals surface area contributed by atoms with Crippen molar-refractivity contribution in [3.05, 3.63) is 17.8 Å². The fraction of sp³-hybridized carbons (Fsp3) is 0.462. The second kappa shape index (κ2) is 7.93. The summed E-state index contributed by atoms with van der Waals surface area (Å²) in [5.41, 5.74) is 6.28. The summed E-state index contributed by atoms with van der Waals surface area (Å²) in [6.07, 6.45) is 1.45. The highest BCUT2D eigenvalue weighted by Crippen LogP contribution is 2.16. The van der Waals surface area contributed by atoms with Gasteiger partial charge in [-0.2, -0.15) is 0 Å². The maximum atomic E-state index is 11.8. The first-order valence-electron chi connectivity index (χ1n) is 6.57. The SMILES string of the molecule is CCOC(=O)c1cc(N)cnc1NCCNC(=O)N(C)C. The molecule has 1 heterocycles. The van der Waals surface area contributed by atoms with Gasteiger partial charge in [0.25, 0.3) is 0 Å². The molecule has 0 aliphatic heterocycles. The van der Waals surface area contributed by atoms with E-state index in [1.54, 1.807) is 21.0 Å². The first-order valence-corrected chi connectivity index (χ1v) is 6.57. The highest BCUT2D eigenvalue weighted by Gasteiger charge is 2.14. The molecule has 1 rings (SSSR count). The Kier molecular flexibility index (Phi) is 6.25. The van der Waals surface area contributed by atoms with E-state index in [2.05, 4.69) is 15.6 Å². The van der Waals surface area contributed by atoms with Crippen LogP contribution in [0.5, 0.6) is 0 Å². The molecular formula is C13H21N5O3. The molecule has 0 aromatic carbocycles. The molecule has 2 amide bonds. The Bertz CT molecular complexity index is 505. The van der Waals surface area contributed by atoms with Crippen molar-refractivity contribution in [2.24, 2.45) is 0 Å². The van der Waals surface area contributed by atoms with E-state index in [9.17, 15) is 9.59 Å². The zero-order chi connectivity index (χ0) is 15.8. The molecule has 1 aromatic heterocycles. The second-order valence-corrected chi connectivity index (χ2v) is 4.44. The van der Waals surface area contributed by atoms with Gasteiger partial charge in [0.05, 0.1) is 18.5 Å². The molecule has 0 atom stereocenters. The van der Waals surface area contributed by atoms with Gasteiger partial charge in [-0.1, -0.05) is 0 Å². The van der Waals surface area contributed by atoms with Gasteiger partial charge in [0.1, 0.15) is 11.4 Å². The van der Waals surface area contributed by atoms with Gasteiger partial charge in [-0.25, -0.2) is 14.6 Å². The summed E-state index contributed by atoms with van der Waals surface area (Å²) >= 11 is 0. The summed E-state index contributed by atoms with van der Waals surface area (Å²) in [5.74, 6) is -0.112. The second-order valence-electron chi connectivity index (χ2n) is 4.44. The number of pyridine rings is 1. The van der Waals surface area contributed by atoms with Crippen LogP contribution in [0.1, 0.15) is 17.3 Å². The van der Waals surface area contributed by atoms with E-state index in [4.69, 9.17) is 10.5 Å². The number of hydrogen-bond donors (Lipinski definition) is 3. The van der Waals surface area contributed by atoms with Crippen LogP contribution in [0, 0.1) is 0 Å². The third-order valence-corrected chi connectivity index (χ3v) is 2.50.